The molecule has 0 saturated carbocycles. The van der Waals surface area contributed by atoms with Gasteiger partial charge in [0.25, 0.3) is 0 Å². The first-order chi connectivity index (χ1) is 8.01. The van der Waals surface area contributed by atoms with E-state index in [2.05, 4.69) is 15.9 Å². The van der Waals surface area contributed by atoms with Crippen LogP contribution in [-0.4, -0.2) is 8.42 Å². The van der Waals surface area contributed by atoms with Crippen LogP contribution in [0.5, 0.6) is 0 Å². The molecule has 5 heteroatoms. The van der Waals surface area contributed by atoms with Crippen LogP contribution in [-0.2, 0) is 9.84 Å². The molecule has 0 radical (unpaired) electrons. The number of benzene rings is 2. The molecule has 2 rings (SSSR count). The highest BCUT2D eigenvalue weighted by atomic mass is 79.9. The summed E-state index contributed by atoms with van der Waals surface area (Å²) in [5.41, 5.74) is 0. The zero-order chi connectivity index (χ0) is 12.5. The molecule has 0 bridgehead atoms. The average Bonchev–Trinajstić information content (AvgIpc) is 2.30. The molecule has 0 fully saturated rings. The predicted molar refractivity (Wildman–Crippen MR) is 66.0 cm³/mol. The van der Waals surface area contributed by atoms with Crippen LogP contribution in [0, 0.1) is 5.82 Å². The van der Waals surface area contributed by atoms with Gasteiger partial charge in [-0.05, 0) is 52.3 Å². The molecule has 0 amide bonds. The van der Waals surface area contributed by atoms with E-state index >= 15 is 0 Å². The van der Waals surface area contributed by atoms with Crippen LogP contribution < -0.4 is 0 Å². The Kier molecular flexibility index (Phi) is 3.31. The first kappa shape index (κ1) is 12.3. The molecule has 0 aliphatic carbocycles. The summed E-state index contributed by atoms with van der Waals surface area (Å²) in [6.45, 7) is 0. The third-order valence-corrected chi connectivity index (χ3v) is 5.03. The van der Waals surface area contributed by atoms with Crippen molar-refractivity contribution in [2.45, 2.75) is 9.79 Å². The number of hydrogen-bond donors (Lipinski definition) is 0. The molecule has 0 atom stereocenters. The van der Waals surface area contributed by atoms with Crippen molar-refractivity contribution in [1.82, 2.24) is 0 Å². The standard InChI is InChI=1S/C12H8BrFO2S/c13-11-3-1-2-4-12(11)17(15,16)10-7-5-9(14)6-8-10/h1-8H. The Morgan fingerprint density at radius 3 is 2.12 bits per heavy atom. The smallest absolute Gasteiger partial charge is 0.207 e. The molecule has 2 aromatic carbocycles. The van der Waals surface area contributed by atoms with Gasteiger partial charge in [0.15, 0.2) is 0 Å². The third-order valence-electron chi connectivity index (χ3n) is 2.25. The van der Waals surface area contributed by atoms with Gasteiger partial charge in [0.2, 0.25) is 9.84 Å². The van der Waals surface area contributed by atoms with E-state index < -0.39 is 15.7 Å². The van der Waals surface area contributed by atoms with Gasteiger partial charge in [-0.2, -0.15) is 0 Å². The first-order valence-corrected chi connectivity index (χ1v) is 7.04. The van der Waals surface area contributed by atoms with E-state index in [1.54, 1.807) is 18.2 Å². The summed E-state index contributed by atoms with van der Waals surface area (Å²) >= 11 is 3.19. The summed E-state index contributed by atoms with van der Waals surface area (Å²) in [4.78, 5) is 0.248. The summed E-state index contributed by atoms with van der Waals surface area (Å²) in [5.74, 6) is -0.462. The summed E-state index contributed by atoms with van der Waals surface area (Å²) < 4.78 is 37.7. The van der Waals surface area contributed by atoms with Gasteiger partial charge in [-0.1, -0.05) is 12.1 Å². The Morgan fingerprint density at radius 1 is 0.941 bits per heavy atom. The van der Waals surface area contributed by atoms with E-state index in [0.29, 0.717) is 4.47 Å². The number of rotatable bonds is 2. The van der Waals surface area contributed by atoms with Crippen LogP contribution >= 0.6 is 15.9 Å². The third kappa shape index (κ3) is 2.40. The van der Waals surface area contributed by atoms with E-state index in [4.69, 9.17) is 0 Å². The van der Waals surface area contributed by atoms with Crippen molar-refractivity contribution in [2.24, 2.45) is 0 Å². The van der Waals surface area contributed by atoms with Crippen molar-refractivity contribution in [3.63, 3.8) is 0 Å². The molecule has 17 heavy (non-hydrogen) atoms. The van der Waals surface area contributed by atoms with E-state index in [1.807, 2.05) is 0 Å². The first-order valence-electron chi connectivity index (χ1n) is 4.77. The molecule has 0 N–H and O–H groups in total. The predicted octanol–water partition coefficient (Wildman–Crippen LogP) is 3.42. The maximum absolute atomic E-state index is 12.8. The van der Waals surface area contributed by atoms with Crippen molar-refractivity contribution in [2.75, 3.05) is 0 Å². The monoisotopic (exact) mass is 314 g/mol. The maximum Gasteiger partial charge on any atom is 0.207 e. The molecular weight excluding hydrogens is 307 g/mol. The second-order valence-electron chi connectivity index (χ2n) is 3.39. The fraction of sp³-hybridized carbons (Fsp3) is 0. The summed E-state index contributed by atoms with van der Waals surface area (Å²) in [6.07, 6.45) is 0. The Balaban J connectivity index is 2.58. The van der Waals surface area contributed by atoms with Gasteiger partial charge in [0.1, 0.15) is 5.82 Å². The van der Waals surface area contributed by atoms with E-state index in [9.17, 15) is 12.8 Å². The van der Waals surface area contributed by atoms with E-state index in [0.717, 1.165) is 12.1 Å². The molecule has 0 unspecified atom stereocenters. The van der Waals surface area contributed by atoms with Crippen molar-refractivity contribution in [3.8, 4) is 0 Å². The summed E-state index contributed by atoms with van der Waals surface area (Å²) in [5, 5.41) is 0. The minimum absolute atomic E-state index is 0.0748. The summed E-state index contributed by atoms with van der Waals surface area (Å²) in [6, 6.07) is 11.3. The fourth-order valence-electron chi connectivity index (χ4n) is 1.40. The zero-order valence-corrected chi connectivity index (χ0v) is 11.0. The maximum atomic E-state index is 12.8. The van der Waals surface area contributed by atoms with Crippen molar-refractivity contribution < 1.29 is 12.8 Å². The van der Waals surface area contributed by atoms with Gasteiger partial charge in [-0.3, -0.25) is 0 Å². The quantitative estimate of drug-likeness (QED) is 0.796. The van der Waals surface area contributed by atoms with Crippen molar-refractivity contribution in [3.05, 3.63) is 58.8 Å². The lowest BCUT2D eigenvalue weighted by molar-refractivity contribution is 0.594. The Labute approximate surface area is 107 Å². The highest BCUT2D eigenvalue weighted by Gasteiger charge is 2.19. The highest BCUT2D eigenvalue weighted by molar-refractivity contribution is 9.10. The Bertz CT molecular complexity index is 636. The molecule has 0 heterocycles. The topological polar surface area (TPSA) is 34.1 Å². The lowest BCUT2D eigenvalue weighted by Gasteiger charge is -2.06. The Hall–Kier alpha value is -1.20. The SMILES string of the molecule is O=S(=O)(c1ccc(F)cc1)c1ccccc1Br. The largest absolute Gasteiger partial charge is 0.218 e. The van der Waals surface area contributed by atoms with Crippen molar-refractivity contribution >= 4 is 25.8 Å². The molecule has 88 valence electrons. The zero-order valence-electron chi connectivity index (χ0n) is 8.60. The van der Waals surface area contributed by atoms with Gasteiger partial charge in [0.05, 0.1) is 9.79 Å². The van der Waals surface area contributed by atoms with E-state index in [-0.39, 0.29) is 9.79 Å². The lowest BCUT2D eigenvalue weighted by atomic mass is 10.3. The van der Waals surface area contributed by atoms with Gasteiger partial charge in [-0.25, -0.2) is 12.8 Å². The molecule has 2 aromatic rings. The van der Waals surface area contributed by atoms with Crippen LogP contribution in [0.15, 0.2) is 62.8 Å². The van der Waals surface area contributed by atoms with Gasteiger partial charge in [0, 0.05) is 4.47 Å². The second-order valence-corrected chi connectivity index (χ2v) is 6.16. The highest BCUT2D eigenvalue weighted by Crippen LogP contribution is 2.27. The van der Waals surface area contributed by atoms with Gasteiger partial charge in [-0.15, -0.1) is 0 Å². The minimum Gasteiger partial charge on any atom is -0.218 e. The van der Waals surface area contributed by atoms with Gasteiger partial charge < -0.3 is 0 Å². The summed E-state index contributed by atoms with van der Waals surface area (Å²) in [7, 11) is -3.60. The minimum atomic E-state index is -3.60. The molecule has 0 aromatic heterocycles. The van der Waals surface area contributed by atoms with Gasteiger partial charge >= 0.3 is 0 Å². The number of hydrogen-bond acceptors (Lipinski definition) is 2. The normalized spacial score (nSPS) is 11.4. The Morgan fingerprint density at radius 2 is 1.53 bits per heavy atom. The second kappa shape index (κ2) is 4.58. The fourth-order valence-corrected chi connectivity index (χ4v) is 3.66. The molecule has 2 nitrogen and oxygen atoms in total. The van der Waals surface area contributed by atoms with Crippen LogP contribution in [0.25, 0.3) is 0 Å². The van der Waals surface area contributed by atoms with Crippen molar-refractivity contribution in [1.29, 1.82) is 0 Å². The number of halogens is 2. The molecular formula is C12H8BrFO2S. The van der Waals surface area contributed by atoms with Crippen LogP contribution in [0.3, 0.4) is 0 Å². The average molecular weight is 315 g/mol. The van der Waals surface area contributed by atoms with E-state index in [1.165, 1.54) is 18.2 Å². The number of sulfone groups is 1. The lowest BCUT2D eigenvalue weighted by Crippen LogP contribution is -2.02. The molecule has 0 aliphatic rings. The molecule has 0 aliphatic heterocycles. The molecule has 0 saturated heterocycles. The van der Waals surface area contributed by atoms with Crippen LogP contribution in [0.2, 0.25) is 0 Å². The van der Waals surface area contributed by atoms with Crippen LogP contribution in [0.4, 0.5) is 4.39 Å². The molecule has 0 spiro atoms. The van der Waals surface area contributed by atoms with Crippen LogP contribution in [0.1, 0.15) is 0 Å².